The molecular formula is C13H19ClN2O. The van der Waals surface area contributed by atoms with Crippen molar-refractivity contribution in [2.24, 2.45) is 5.92 Å². The van der Waals surface area contributed by atoms with Gasteiger partial charge in [-0.2, -0.15) is 0 Å². The molecule has 1 aromatic carbocycles. The van der Waals surface area contributed by atoms with Crippen molar-refractivity contribution in [3.05, 3.63) is 29.8 Å². The van der Waals surface area contributed by atoms with Gasteiger partial charge in [0.2, 0.25) is 5.91 Å². The first-order valence-corrected chi connectivity index (χ1v) is 5.79. The van der Waals surface area contributed by atoms with Crippen LogP contribution in [-0.2, 0) is 11.2 Å². The van der Waals surface area contributed by atoms with E-state index < -0.39 is 0 Å². The topological polar surface area (TPSA) is 55.1 Å². The fourth-order valence-corrected chi connectivity index (χ4v) is 1.81. The summed E-state index contributed by atoms with van der Waals surface area (Å²) in [5.41, 5.74) is 7.64. The summed E-state index contributed by atoms with van der Waals surface area (Å²) in [5.74, 6) is 0.795. The predicted octanol–water partition coefficient (Wildman–Crippen LogP) is 2.15. The van der Waals surface area contributed by atoms with Crippen LogP contribution in [0.25, 0.3) is 0 Å². The van der Waals surface area contributed by atoms with Gasteiger partial charge in [-0.05, 0) is 30.4 Å². The molecule has 0 aromatic heterocycles. The fraction of sp³-hybridized carbons (Fsp3) is 0.462. The molecule has 0 heterocycles. The van der Waals surface area contributed by atoms with Crippen LogP contribution in [0, 0.1) is 5.92 Å². The Hall–Kier alpha value is -1.22. The van der Waals surface area contributed by atoms with Gasteiger partial charge >= 0.3 is 0 Å². The molecular weight excluding hydrogens is 236 g/mol. The number of hydrogen-bond acceptors (Lipinski definition) is 2. The van der Waals surface area contributed by atoms with Gasteiger partial charge in [0.25, 0.3) is 0 Å². The van der Waals surface area contributed by atoms with Crippen LogP contribution in [0.3, 0.4) is 0 Å². The normalized spacial score (nSPS) is 21.5. The van der Waals surface area contributed by atoms with E-state index in [0.717, 1.165) is 24.1 Å². The molecule has 2 rings (SSSR count). The Labute approximate surface area is 108 Å². The smallest absolute Gasteiger partial charge is 0.220 e. The van der Waals surface area contributed by atoms with E-state index in [1.807, 2.05) is 24.3 Å². The number of nitrogens with one attached hydrogen (secondary N) is 1. The Balaban J connectivity index is 0.00000144. The van der Waals surface area contributed by atoms with Crippen LogP contribution in [0.4, 0.5) is 5.69 Å². The van der Waals surface area contributed by atoms with Crippen LogP contribution < -0.4 is 11.1 Å². The number of benzene rings is 1. The highest BCUT2D eigenvalue weighted by Crippen LogP contribution is 2.29. The van der Waals surface area contributed by atoms with E-state index in [4.69, 9.17) is 5.73 Å². The molecule has 2 unspecified atom stereocenters. The Kier molecular flexibility index (Phi) is 4.82. The van der Waals surface area contributed by atoms with Gasteiger partial charge < -0.3 is 11.1 Å². The second-order valence-electron chi connectivity index (χ2n) is 4.59. The van der Waals surface area contributed by atoms with E-state index in [2.05, 4.69) is 12.2 Å². The number of rotatable bonds is 4. The first-order valence-electron chi connectivity index (χ1n) is 5.79. The van der Waals surface area contributed by atoms with Crippen molar-refractivity contribution in [1.82, 2.24) is 5.32 Å². The summed E-state index contributed by atoms with van der Waals surface area (Å²) in [4.78, 5) is 11.6. The van der Waals surface area contributed by atoms with E-state index in [1.165, 1.54) is 0 Å². The van der Waals surface area contributed by atoms with Crippen molar-refractivity contribution in [1.29, 1.82) is 0 Å². The first kappa shape index (κ1) is 13.8. The summed E-state index contributed by atoms with van der Waals surface area (Å²) in [6.07, 6.45) is 2.37. The van der Waals surface area contributed by atoms with Gasteiger partial charge in [0.1, 0.15) is 0 Å². The number of carbonyl (C=O) groups excluding carboxylic acids is 1. The summed E-state index contributed by atoms with van der Waals surface area (Å²) >= 11 is 0. The Morgan fingerprint density at radius 1 is 1.47 bits per heavy atom. The number of aryl methyl sites for hydroxylation is 1. The van der Waals surface area contributed by atoms with Crippen LogP contribution in [-0.4, -0.2) is 11.9 Å². The van der Waals surface area contributed by atoms with Crippen molar-refractivity contribution >= 4 is 24.0 Å². The van der Waals surface area contributed by atoms with Crippen molar-refractivity contribution in [2.75, 3.05) is 5.73 Å². The van der Waals surface area contributed by atoms with Gasteiger partial charge in [-0.25, -0.2) is 0 Å². The molecule has 0 spiro atoms. The SMILES string of the molecule is CC1CC1NC(=O)CCc1ccccc1N.Cl. The number of halogens is 1. The standard InChI is InChI=1S/C13H18N2O.ClH/c1-9-8-12(9)15-13(16)7-6-10-4-2-3-5-11(10)14;/h2-5,9,12H,6-8,14H2,1H3,(H,15,16);1H. The zero-order chi connectivity index (χ0) is 11.5. The van der Waals surface area contributed by atoms with Crippen LogP contribution in [0.1, 0.15) is 25.3 Å². The van der Waals surface area contributed by atoms with Gasteiger partial charge in [-0.3, -0.25) is 4.79 Å². The third-order valence-corrected chi connectivity index (χ3v) is 3.13. The molecule has 0 radical (unpaired) electrons. The zero-order valence-corrected chi connectivity index (χ0v) is 10.8. The predicted molar refractivity (Wildman–Crippen MR) is 72.1 cm³/mol. The number of hydrogen-bond donors (Lipinski definition) is 2. The zero-order valence-electron chi connectivity index (χ0n) is 9.98. The van der Waals surface area contributed by atoms with Gasteiger partial charge in [-0.1, -0.05) is 25.1 Å². The highest BCUT2D eigenvalue weighted by atomic mass is 35.5. The summed E-state index contributed by atoms with van der Waals surface area (Å²) in [5, 5.41) is 3.01. The molecule has 1 saturated carbocycles. The quantitative estimate of drug-likeness (QED) is 0.809. The molecule has 1 aliphatic rings. The van der Waals surface area contributed by atoms with E-state index in [0.29, 0.717) is 18.4 Å². The third-order valence-electron chi connectivity index (χ3n) is 3.13. The van der Waals surface area contributed by atoms with Crippen molar-refractivity contribution in [2.45, 2.75) is 32.2 Å². The molecule has 2 atom stereocenters. The second-order valence-corrected chi connectivity index (χ2v) is 4.59. The van der Waals surface area contributed by atoms with Crippen LogP contribution in [0.15, 0.2) is 24.3 Å². The molecule has 1 fully saturated rings. The fourth-order valence-electron chi connectivity index (χ4n) is 1.81. The molecule has 0 bridgehead atoms. The van der Waals surface area contributed by atoms with E-state index >= 15 is 0 Å². The third kappa shape index (κ3) is 3.93. The molecule has 0 aliphatic heterocycles. The van der Waals surface area contributed by atoms with Crippen LogP contribution in [0.2, 0.25) is 0 Å². The highest BCUT2D eigenvalue weighted by molar-refractivity contribution is 5.85. The second kappa shape index (κ2) is 5.92. The van der Waals surface area contributed by atoms with Crippen LogP contribution >= 0.6 is 12.4 Å². The minimum absolute atomic E-state index is 0. The van der Waals surface area contributed by atoms with Gasteiger partial charge in [0.15, 0.2) is 0 Å². The minimum atomic E-state index is 0. The summed E-state index contributed by atoms with van der Waals surface area (Å²) in [6, 6.07) is 8.12. The molecule has 94 valence electrons. The largest absolute Gasteiger partial charge is 0.399 e. The van der Waals surface area contributed by atoms with Crippen molar-refractivity contribution in [3.8, 4) is 0 Å². The average molecular weight is 255 g/mol. The monoisotopic (exact) mass is 254 g/mol. The van der Waals surface area contributed by atoms with Crippen molar-refractivity contribution < 1.29 is 4.79 Å². The Morgan fingerprint density at radius 3 is 2.71 bits per heavy atom. The summed E-state index contributed by atoms with van der Waals surface area (Å²) in [7, 11) is 0. The maximum absolute atomic E-state index is 11.6. The molecule has 1 amide bonds. The number of carbonyl (C=O) groups is 1. The Bertz CT molecular complexity index is 395. The number of nitrogens with two attached hydrogens (primary N) is 1. The summed E-state index contributed by atoms with van der Waals surface area (Å²) < 4.78 is 0. The molecule has 0 saturated heterocycles. The van der Waals surface area contributed by atoms with Crippen molar-refractivity contribution in [3.63, 3.8) is 0 Å². The van der Waals surface area contributed by atoms with Crippen LogP contribution in [0.5, 0.6) is 0 Å². The average Bonchev–Trinajstić information content (AvgIpc) is 2.93. The Morgan fingerprint density at radius 2 is 2.12 bits per heavy atom. The lowest BCUT2D eigenvalue weighted by atomic mass is 10.1. The van der Waals surface area contributed by atoms with Gasteiger partial charge in [0, 0.05) is 18.2 Å². The molecule has 4 heteroatoms. The molecule has 17 heavy (non-hydrogen) atoms. The first-order chi connectivity index (χ1) is 7.66. The molecule has 1 aromatic rings. The van der Waals surface area contributed by atoms with E-state index in [9.17, 15) is 4.79 Å². The van der Waals surface area contributed by atoms with E-state index in [1.54, 1.807) is 0 Å². The van der Waals surface area contributed by atoms with Gasteiger partial charge in [0.05, 0.1) is 0 Å². The number of para-hydroxylation sites is 1. The molecule has 3 N–H and O–H groups in total. The number of anilines is 1. The lowest BCUT2D eigenvalue weighted by molar-refractivity contribution is -0.121. The number of amides is 1. The molecule has 1 aliphatic carbocycles. The maximum atomic E-state index is 11.6. The van der Waals surface area contributed by atoms with Gasteiger partial charge in [-0.15, -0.1) is 12.4 Å². The lowest BCUT2D eigenvalue weighted by Crippen LogP contribution is -2.26. The maximum Gasteiger partial charge on any atom is 0.220 e. The molecule has 3 nitrogen and oxygen atoms in total. The summed E-state index contributed by atoms with van der Waals surface area (Å²) in [6.45, 7) is 2.15. The lowest BCUT2D eigenvalue weighted by Gasteiger charge is -2.06. The number of nitrogen functional groups attached to an aromatic ring is 1. The minimum Gasteiger partial charge on any atom is -0.399 e. The van der Waals surface area contributed by atoms with E-state index in [-0.39, 0.29) is 18.3 Å². The highest BCUT2D eigenvalue weighted by Gasteiger charge is 2.33.